The van der Waals surface area contributed by atoms with Gasteiger partial charge in [-0.2, -0.15) is 0 Å². The molecule has 1 aromatic heterocycles. The van der Waals surface area contributed by atoms with Crippen molar-refractivity contribution in [1.82, 2.24) is 14.9 Å². The maximum Gasteiger partial charge on any atom is 0.261 e. The number of aromatic amines is 1. The summed E-state index contributed by atoms with van der Waals surface area (Å²) < 4.78 is 24.3. The number of aromatic nitrogens is 2. The second-order valence-electron chi connectivity index (χ2n) is 5.65. The summed E-state index contributed by atoms with van der Waals surface area (Å²) in [4.78, 5) is 32.6. The van der Waals surface area contributed by atoms with E-state index in [1.54, 1.807) is 24.0 Å². The number of hydrogen-bond acceptors (Lipinski definition) is 5. The number of carbonyl (C=O) groups is 1. The summed E-state index contributed by atoms with van der Waals surface area (Å²) >= 11 is 0. The van der Waals surface area contributed by atoms with E-state index in [0.29, 0.717) is 24.7 Å². The van der Waals surface area contributed by atoms with E-state index in [-0.39, 0.29) is 30.4 Å². The maximum absolute atomic E-state index is 13.6. The third-order valence-electron chi connectivity index (χ3n) is 3.86. The minimum absolute atomic E-state index is 0.0192. The highest BCUT2D eigenvalue weighted by Gasteiger charge is 2.30. The molecule has 1 aliphatic rings. The number of H-pyrrole nitrogens is 1. The van der Waals surface area contributed by atoms with Gasteiger partial charge in [0, 0.05) is 12.6 Å². The summed E-state index contributed by atoms with van der Waals surface area (Å²) in [5.74, 6) is -0.370. The molecule has 1 amide bonds. The molecule has 1 aromatic carbocycles. The molecule has 1 fully saturated rings. The Balaban J connectivity index is 1.75. The second kappa shape index (κ2) is 7.43. The normalized spacial score (nSPS) is 17.4. The zero-order valence-electron chi connectivity index (χ0n) is 13.7. The van der Waals surface area contributed by atoms with Crippen LogP contribution in [0.3, 0.4) is 0 Å². The lowest BCUT2D eigenvalue weighted by atomic mass is 10.1. The van der Waals surface area contributed by atoms with Crippen LogP contribution in [-0.2, 0) is 9.53 Å². The van der Waals surface area contributed by atoms with Crippen LogP contribution in [-0.4, -0.2) is 47.1 Å². The molecule has 2 aromatic rings. The number of nitrogens with one attached hydrogen (secondary N) is 1. The highest BCUT2D eigenvalue weighted by Crippen LogP contribution is 2.23. The third-order valence-corrected chi connectivity index (χ3v) is 3.86. The van der Waals surface area contributed by atoms with Crippen LogP contribution in [0.1, 0.15) is 17.6 Å². The Kier molecular flexibility index (Phi) is 5.08. The predicted molar refractivity (Wildman–Crippen MR) is 86.8 cm³/mol. The number of para-hydroxylation sites is 1. The summed E-state index contributed by atoms with van der Waals surface area (Å²) in [6.45, 7) is 2.32. The molecule has 132 valence electrons. The molecule has 1 saturated heterocycles. The number of morpholine rings is 1. The molecule has 8 heteroatoms. The van der Waals surface area contributed by atoms with Crippen LogP contribution in [0, 0.1) is 12.7 Å². The first-order chi connectivity index (χ1) is 12.0. The van der Waals surface area contributed by atoms with E-state index < -0.39 is 11.9 Å². The highest BCUT2D eigenvalue weighted by molar-refractivity contribution is 5.78. The van der Waals surface area contributed by atoms with Gasteiger partial charge in [0.1, 0.15) is 5.82 Å². The van der Waals surface area contributed by atoms with Crippen molar-refractivity contribution in [2.45, 2.75) is 13.0 Å². The van der Waals surface area contributed by atoms with E-state index in [1.807, 2.05) is 0 Å². The number of halogens is 1. The number of carbonyl (C=O) groups excluding carboxylic acids is 1. The molecular formula is C17H18FN3O4. The fourth-order valence-corrected chi connectivity index (χ4v) is 2.70. The van der Waals surface area contributed by atoms with Gasteiger partial charge in [0.05, 0.1) is 24.9 Å². The molecule has 1 unspecified atom stereocenters. The Morgan fingerprint density at radius 2 is 2.28 bits per heavy atom. The number of aryl methyl sites for hydroxylation is 1. The van der Waals surface area contributed by atoms with Gasteiger partial charge >= 0.3 is 0 Å². The molecule has 0 saturated carbocycles. The van der Waals surface area contributed by atoms with Gasteiger partial charge in [-0.1, -0.05) is 12.1 Å². The predicted octanol–water partition coefficient (Wildman–Crippen LogP) is 1.20. The van der Waals surface area contributed by atoms with Crippen molar-refractivity contribution in [3.8, 4) is 5.75 Å². The highest BCUT2D eigenvalue weighted by atomic mass is 19.1. The summed E-state index contributed by atoms with van der Waals surface area (Å²) in [6.07, 6.45) is 0. The largest absolute Gasteiger partial charge is 0.481 e. The average Bonchev–Trinajstić information content (AvgIpc) is 2.60. The van der Waals surface area contributed by atoms with Gasteiger partial charge in [-0.3, -0.25) is 9.59 Å². The standard InChI is InChI=1S/C17H18FN3O4/c1-11-19-13(8-16(22)20-11)14-9-24-7-6-21(14)17(23)10-25-15-5-3-2-4-12(15)18/h2-5,8,14H,6-7,9-10H2,1H3,(H,19,20,22). The minimum atomic E-state index is -0.527. The zero-order valence-corrected chi connectivity index (χ0v) is 13.7. The minimum Gasteiger partial charge on any atom is -0.481 e. The molecule has 2 heterocycles. The maximum atomic E-state index is 13.6. The first-order valence-electron chi connectivity index (χ1n) is 7.87. The van der Waals surface area contributed by atoms with Gasteiger partial charge in [-0.25, -0.2) is 9.37 Å². The molecule has 25 heavy (non-hydrogen) atoms. The van der Waals surface area contributed by atoms with Crippen LogP contribution in [0.5, 0.6) is 5.75 Å². The van der Waals surface area contributed by atoms with Crippen LogP contribution >= 0.6 is 0 Å². The lowest BCUT2D eigenvalue weighted by Crippen LogP contribution is -2.46. The Morgan fingerprint density at radius 3 is 3.04 bits per heavy atom. The van der Waals surface area contributed by atoms with Gasteiger partial charge < -0.3 is 19.4 Å². The molecule has 1 aliphatic heterocycles. The molecule has 0 radical (unpaired) electrons. The third kappa shape index (κ3) is 4.03. The molecule has 1 N–H and O–H groups in total. The lowest BCUT2D eigenvalue weighted by molar-refractivity contribution is -0.142. The first kappa shape index (κ1) is 17.1. The van der Waals surface area contributed by atoms with Crippen molar-refractivity contribution < 1.29 is 18.7 Å². The molecule has 0 spiro atoms. The van der Waals surface area contributed by atoms with Gasteiger partial charge in [0.15, 0.2) is 18.2 Å². The Labute approximate surface area is 143 Å². The summed E-state index contributed by atoms with van der Waals surface area (Å²) in [5.41, 5.74) is 0.170. The summed E-state index contributed by atoms with van der Waals surface area (Å²) in [5, 5.41) is 0. The van der Waals surface area contributed by atoms with E-state index in [9.17, 15) is 14.0 Å². The molecular weight excluding hydrogens is 329 g/mol. The van der Waals surface area contributed by atoms with E-state index in [2.05, 4.69) is 9.97 Å². The number of nitrogens with zero attached hydrogens (tertiary/aromatic N) is 2. The van der Waals surface area contributed by atoms with E-state index >= 15 is 0 Å². The Bertz CT molecular complexity index is 824. The van der Waals surface area contributed by atoms with E-state index in [1.165, 1.54) is 18.2 Å². The number of benzene rings is 1. The topological polar surface area (TPSA) is 84.5 Å². The van der Waals surface area contributed by atoms with E-state index in [4.69, 9.17) is 9.47 Å². The van der Waals surface area contributed by atoms with Gasteiger partial charge in [0.25, 0.3) is 11.5 Å². The number of rotatable bonds is 4. The van der Waals surface area contributed by atoms with Crippen molar-refractivity contribution >= 4 is 5.91 Å². The number of ether oxygens (including phenoxy) is 2. The van der Waals surface area contributed by atoms with E-state index in [0.717, 1.165) is 0 Å². The van der Waals surface area contributed by atoms with Crippen LogP contribution in [0.2, 0.25) is 0 Å². The van der Waals surface area contributed by atoms with Crippen molar-refractivity contribution in [3.63, 3.8) is 0 Å². The van der Waals surface area contributed by atoms with Gasteiger partial charge in [0.2, 0.25) is 0 Å². The SMILES string of the molecule is Cc1nc(C2COCCN2C(=O)COc2ccccc2F)cc(=O)[nH]1. The first-order valence-corrected chi connectivity index (χ1v) is 7.87. The summed E-state index contributed by atoms with van der Waals surface area (Å²) in [7, 11) is 0. The fraction of sp³-hybridized carbons (Fsp3) is 0.353. The molecule has 0 bridgehead atoms. The number of hydrogen-bond donors (Lipinski definition) is 1. The summed E-state index contributed by atoms with van der Waals surface area (Å²) in [6, 6.07) is 6.77. The van der Waals surface area contributed by atoms with Gasteiger partial charge in [-0.05, 0) is 19.1 Å². The zero-order chi connectivity index (χ0) is 17.8. The Hall–Kier alpha value is -2.74. The Morgan fingerprint density at radius 1 is 1.48 bits per heavy atom. The van der Waals surface area contributed by atoms with Crippen LogP contribution in [0.15, 0.2) is 35.1 Å². The van der Waals surface area contributed by atoms with Gasteiger partial charge in [-0.15, -0.1) is 0 Å². The monoisotopic (exact) mass is 347 g/mol. The molecule has 7 nitrogen and oxygen atoms in total. The van der Waals surface area contributed by atoms with Crippen LogP contribution in [0.25, 0.3) is 0 Å². The van der Waals surface area contributed by atoms with Crippen LogP contribution in [0.4, 0.5) is 4.39 Å². The van der Waals surface area contributed by atoms with Crippen LogP contribution < -0.4 is 10.3 Å². The quantitative estimate of drug-likeness (QED) is 0.898. The molecule has 0 aliphatic carbocycles. The lowest BCUT2D eigenvalue weighted by Gasteiger charge is -2.35. The van der Waals surface area contributed by atoms with Crippen molar-refractivity contribution in [2.24, 2.45) is 0 Å². The smallest absolute Gasteiger partial charge is 0.261 e. The number of amides is 1. The average molecular weight is 347 g/mol. The second-order valence-corrected chi connectivity index (χ2v) is 5.65. The molecule has 3 rings (SSSR count). The molecule has 1 atom stereocenters. The van der Waals surface area contributed by atoms with Crippen molar-refractivity contribution in [2.75, 3.05) is 26.4 Å². The van der Waals surface area contributed by atoms with Crippen molar-refractivity contribution in [3.05, 3.63) is 58.0 Å². The fourth-order valence-electron chi connectivity index (χ4n) is 2.70. The van der Waals surface area contributed by atoms with Crippen molar-refractivity contribution in [1.29, 1.82) is 0 Å².